The highest BCUT2D eigenvalue weighted by Gasteiger charge is 2.11. The summed E-state index contributed by atoms with van der Waals surface area (Å²) in [5, 5.41) is 13.9. The summed E-state index contributed by atoms with van der Waals surface area (Å²) in [6.07, 6.45) is 2.74. The van der Waals surface area contributed by atoms with Crippen molar-refractivity contribution < 1.29 is 19.5 Å². The summed E-state index contributed by atoms with van der Waals surface area (Å²) >= 11 is 1.22. The second kappa shape index (κ2) is 8.21. The largest absolute Gasteiger partial charge is 0.478 e. The first-order valence-corrected chi connectivity index (χ1v) is 7.32. The Morgan fingerprint density at radius 1 is 1.33 bits per heavy atom. The van der Waals surface area contributed by atoms with Crippen LogP contribution in [0.3, 0.4) is 0 Å². The molecule has 1 aromatic heterocycles. The predicted octanol–water partition coefficient (Wildman–Crippen LogP) is 1.41. The molecule has 0 aliphatic heterocycles. The second-order valence-electron chi connectivity index (χ2n) is 4.29. The first-order chi connectivity index (χ1) is 9.93. The van der Waals surface area contributed by atoms with E-state index in [4.69, 9.17) is 5.11 Å². The molecular formula is C14H18N2O4S. The number of hydrogen-bond acceptors (Lipinski definition) is 4. The molecule has 1 aromatic rings. The smallest absolute Gasteiger partial charge is 0.328 e. The van der Waals surface area contributed by atoms with Gasteiger partial charge in [0.25, 0.3) is 5.91 Å². The number of carbonyl (C=O) groups is 3. The molecule has 6 nitrogen and oxygen atoms in total. The Hall–Kier alpha value is -2.15. The van der Waals surface area contributed by atoms with E-state index >= 15 is 0 Å². The number of carboxylic acids is 1. The summed E-state index contributed by atoms with van der Waals surface area (Å²) in [4.78, 5) is 34.9. The molecule has 3 N–H and O–H groups in total. The van der Waals surface area contributed by atoms with Crippen LogP contribution in [0.4, 0.5) is 0 Å². The van der Waals surface area contributed by atoms with E-state index in [1.807, 2.05) is 13.8 Å². The molecule has 0 saturated carbocycles. The Balaban J connectivity index is 2.57. The quantitative estimate of drug-likeness (QED) is 0.664. The first kappa shape index (κ1) is 16.9. The molecule has 2 amide bonds. The third kappa shape index (κ3) is 5.78. The van der Waals surface area contributed by atoms with Gasteiger partial charge in [-0.1, -0.05) is 0 Å². The van der Waals surface area contributed by atoms with Crippen LogP contribution in [0.5, 0.6) is 0 Å². The fourth-order valence-electron chi connectivity index (χ4n) is 1.58. The number of aryl methyl sites for hydroxylation is 1. The summed E-state index contributed by atoms with van der Waals surface area (Å²) in [7, 11) is 0. The average Bonchev–Trinajstić information content (AvgIpc) is 2.78. The van der Waals surface area contributed by atoms with Gasteiger partial charge >= 0.3 is 5.97 Å². The van der Waals surface area contributed by atoms with Crippen molar-refractivity contribution in [3.8, 4) is 0 Å². The van der Waals surface area contributed by atoms with E-state index in [0.717, 1.165) is 16.5 Å². The molecule has 0 spiro atoms. The summed E-state index contributed by atoms with van der Waals surface area (Å²) in [5.74, 6) is -1.40. The Morgan fingerprint density at radius 2 is 2.05 bits per heavy atom. The Labute approximate surface area is 126 Å². The number of thiophene rings is 1. The molecule has 0 aromatic carbocycles. The third-order valence-corrected chi connectivity index (χ3v) is 3.77. The van der Waals surface area contributed by atoms with Gasteiger partial charge in [0.05, 0.1) is 4.88 Å². The Bertz CT molecular complexity index is 563. The highest BCUT2D eigenvalue weighted by molar-refractivity contribution is 7.15. The first-order valence-electron chi connectivity index (χ1n) is 6.50. The minimum Gasteiger partial charge on any atom is -0.478 e. The highest BCUT2D eigenvalue weighted by atomic mass is 32.1. The van der Waals surface area contributed by atoms with Gasteiger partial charge in [-0.15, -0.1) is 11.3 Å². The van der Waals surface area contributed by atoms with E-state index in [1.165, 1.54) is 17.4 Å². The van der Waals surface area contributed by atoms with Crippen molar-refractivity contribution in [1.82, 2.24) is 10.6 Å². The molecule has 0 unspecified atom stereocenters. The lowest BCUT2D eigenvalue weighted by Gasteiger charge is -2.03. The minimum absolute atomic E-state index is 0.106. The van der Waals surface area contributed by atoms with Gasteiger partial charge in [-0.2, -0.15) is 0 Å². The minimum atomic E-state index is -1.03. The summed E-state index contributed by atoms with van der Waals surface area (Å²) in [5.41, 5.74) is 0.839. The lowest BCUT2D eigenvalue weighted by atomic mass is 10.2. The zero-order chi connectivity index (χ0) is 15.8. The van der Waals surface area contributed by atoms with Gasteiger partial charge in [0, 0.05) is 30.5 Å². The molecule has 0 aliphatic rings. The lowest BCUT2D eigenvalue weighted by Crippen LogP contribution is -2.30. The summed E-state index contributed by atoms with van der Waals surface area (Å²) < 4.78 is 0. The molecule has 114 valence electrons. The maximum Gasteiger partial charge on any atom is 0.328 e. The Morgan fingerprint density at radius 3 is 2.67 bits per heavy atom. The van der Waals surface area contributed by atoms with E-state index in [-0.39, 0.29) is 24.8 Å². The van der Waals surface area contributed by atoms with Crippen molar-refractivity contribution in [3.05, 3.63) is 27.5 Å². The molecule has 0 saturated heterocycles. The molecule has 0 bridgehead atoms. The standard InChI is InChI=1S/C14H18N2O4S/c1-3-15-12(17)6-7-16-14(20)11-8-9(2)10(21-11)4-5-13(18)19/h4-5,8H,3,6-7H2,1-2H3,(H,15,17)(H,16,20)(H,18,19)/b5-4+. The van der Waals surface area contributed by atoms with Crippen molar-refractivity contribution in [2.24, 2.45) is 0 Å². The molecule has 7 heteroatoms. The normalized spacial score (nSPS) is 10.6. The van der Waals surface area contributed by atoms with Gasteiger partial charge in [-0.3, -0.25) is 9.59 Å². The fraction of sp³-hybridized carbons (Fsp3) is 0.357. The lowest BCUT2D eigenvalue weighted by molar-refractivity contribution is -0.131. The maximum absolute atomic E-state index is 11.9. The van der Waals surface area contributed by atoms with Gasteiger partial charge < -0.3 is 15.7 Å². The summed E-state index contributed by atoms with van der Waals surface area (Å²) in [6.45, 7) is 4.47. The number of rotatable bonds is 7. The molecule has 0 radical (unpaired) electrons. The van der Waals surface area contributed by atoms with Crippen LogP contribution in [0.1, 0.15) is 33.5 Å². The average molecular weight is 310 g/mol. The topological polar surface area (TPSA) is 95.5 Å². The van der Waals surface area contributed by atoms with E-state index in [9.17, 15) is 14.4 Å². The van der Waals surface area contributed by atoms with Crippen molar-refractivity contribution in [3.63, 3.8) is 0 Å². The zero-order valence-corrected chi connectivity index (χ0v) is 12.8. The van der Waals surface area contributed by atoms with E-state index in [2.05, 4.69) is 10.6 Å². The molecule has 1 heterocycles. The zero-order valence-electron chi connectivity index (χ0n) is 11.9. The number of hydrogen-bond donors (Lipinski definition) is 3. The number of nitrogens with one attached hydrogen (secondary N) is 2. The summed E-state index contributed by atoms with van der Waals surface area (Å²) in [6, 6.07) is 1.70. The van der Waals surface area contributed by atoms with Crippen LogP contribution in [0.15, 0.2) is 12.1 Å². The molecular weight excluding hydrogens is 292 g/mol. The molecule has 21 heavy (non-hydrogen) atoms. The van der Waals surface area contributed by atoms with Crippen LogP contribution >= 0.6 is 11.3 Å². The number of amides is 2. The highest BCUT2D eigenvalue weighted by Crippen LogP contribution is 2.23. The monoisotopic (exact) mass is 310 g/mol. The van der Waals surface area contributed by atoms with Crippen molar-refractivity contribution in [2.45, 2.75) is 20.3 Å². The number of carbonyl (C=O) groups excluding carboxylic acids is 2. The number of carboxylic acid groups (broad SMARTS) is 1. The predicted molar refractivity (Wildman–Crippen MR) is 81.4 cm³/mol. The van der Waals surface area contributed by atoms with Crippen molar-refractivity contribution >= 4 is 35.2 Å². The van der Waals surface area contributed by atoms with Crippen LogP contribution in [-0.2, 0) is 9.59 Å². The Kier molecular flexibility index (Phi) is 6.61. The van der Waals surface area contributed by atoms with Crippen LogP contribution in [0, 0.1) is 6.92 Å². The van der Waals surface area contributed by atoms with Crippen molar-refractivity contribution in [2.75, 3.05) is 13.1 Å². The third-order valence-electron chi connectivity index (χ3n) is 2.57. The van der Waals surface area contributed by atoms with Gasteiger partial charge in [-0.25, -0.2) is 4.79 Å². The van der Waals surface area contributed by atoms with Gasteiger partial charge in [0.15, 0.2) is 0 Å². The second-order valence-corrected chi connectivity index (χ2v) is 5.37. The molecule has 0 atom stereocenters. The van der Waals surface area contributed by atoms with Crippen LogP contribution in [-0.4, -0.2) is 36.0 Å². The molecule has 0 aliphatic carbocycles. The van der Waals surface area contributed by atoms with Crippen molar-refractivity contribution in [1.29, 1.82) is 0 Å². The maximum atomic E-state index is 11.9. The molecule has 0 fully saturated rings. The van der Waals surface area contributed by atoms with Gasteiger partial charge in [0.1, 0.15) is 0 Å². The van der Waals surface area contributed by atoms with E-state index < -0.39 is 5.97 Å². The van der Waals surface area contributed by atoms with Crippen LogP contribution < -0.4 is 10.6 Å². The SMILES string of the molecule is CCNC(=O)CCNC(=O)c1cc(C)c(/C=C/C(=O)O)s1. The van der Waals surface area contributed by atoms with E-state index in [1.54, 1.807) is 6.07 Å². The van der Waals surface area contributed by atoms with Crippen LogP contribution in [0.25, 0.3) is 6.08 Å². The number of aliphatic carboxylic acids is 1. The van der Waals surface area contributed by atoms with Gasteiger partial charge in [0.2, 0.25) is 5.91 Å². The van der Waals surface area contributed by atoms with Crippen LogP contribution in [0.2, 0.25) is 0 Å². The molecule has 1 rings (SSSR count). The fourth-order valence-corrected chi connectivity index (χ4v) is 2.58. The van der Waals surface area contributed by atoms with E-state index in [0.29, 0.717) is 11.4 Å². The van der Waals surface area contributed by atoms with Gasteiger partial charge in [-0.05, 0) is 31.6 Å².